The molecule has 0 aromatic carbocycles. The number of hydrogen-bond acceptors (Lipinski definition) is 5. The van der Waals surface area contributed by atoms with E-state index in [0.717, 1.165) is 0 Å². The average molecular weight is 237 g/mol. The maximum atomic E-state index is 11.9. The lowest BCUT2D eigenvalue weighted by atomic mass is 10.1. The van der Waals surface area contributed by atoms with Crippen molar-refractivity contribution < 1.29 is 9.53 Å². The van der Waals surface area contributed by atoms with Gasteiger partial charge in [-0.2, -0.15) is 0 Å². The molecule has 5 nitrogen and oxygen atoms in total. The van der Waals surface area contributed by atoms with E-state index in [4.69, 9.17) is 4.74 Å². The second kappa shape index (κ2) is 5.72. The normalized spacial score (nSPS) is 11.3. The van der Waals surface area contributed by atoms with Gasteiger partial charge in [0.15, 0.2) is 11.5 Å². The molecule has 0 bridgehead atoms. The van der Waals surface area contributed by atoms with Crippen molar-refractivity contribution in [2.75, 3.05) is 13.7 Å². The third-order valence-corrected chi connectivity index (χ3v) is 2.13. The Kier molecular flexibility index (Phi) is 4.57. The monoisotopic (exact) mass is 237 g/mol. The molecule has 0 aliphatic carbocycles. The van der Waals surface area contributed by atoms with Gasteiger partial charge in [-0.15, -0.1) is 0 Å². The van der Waals surface area contributed by atoms with Gasteiger partial charge in [0.1, 0.15) is 0 Å². The van der Waals surface area contributed by atoms with Crippen molar-refractivity contribution in [1.82, 2.24) is 15.3 Å². The Labute approximate surface area is 102 Å². The summed E-state index contributed by atoms with van der Waals surface area (Å²) in [7, 11) is 1.48. The topological polar surface area (TPSA) is 64.1 Å². The first-order valence-electron chi connectivity index (χ1n) is 5.57. The molecule has 0 spiro atoms. The summed E-state index contributed by atoms with van der Waals surface area (Å²) >= 11 is 0. The summed E-state index contributed by atoms with van der Waals surface area (Å²) in [4.78, 5) is 19.8. The zero-order valence-corrected chi connectivity index (χ0v) is 10.8. The second-order valence-electron chi connectivity index (χ2n) is 4.76. The minimum absolute atomic E-state index is 0.00668. The number of methoxy groups -OCH3 is 1. The van der Waals surface area contributed by atoms with Gasteiger partial charge in [0.05, 0.1) is 7.11 Å². The van der Waals surface area contributed by atoms with Crippen LogP contribution in [0.4, 0.5) is 0 Å². The van der Waals surface area contributed by atoms with Crippen molar-refractivity contribution in [2.24, 2.45) is 0 Å². The number of nitrogens with one attached hydrogen (secondary N) is 1. The Morgan fingerprint density at radius 3 is 2.59 bits per heavy atom. The van der Waals surface area contributed by atoms with Crippen molar-refractivity contribution in [2.45, 2.75) is 32.7 Å². The van der Waals surface area contributed by atoms with Crippen LogP contribution >= 0.6 is 0 Å². The zero-order chi connectivity index (χ0) is 12.9. The SMILES string of the molecule is COc1nccnc1C(=O)CCNC(C)(C)C. The molecule has 0 atom stereocenters. The van der Waals surface area contributed by atoms with Crippen molar-refractivity contribution >= 4 is 5.78 Å². The average Bonchev–Trinajstić information content (AvgIpc) is 2.27. The molecule has 0 aliphatic heterocycles. The summed E-state index contributed by atoms with van der Waals surface area (Å²) in [5, 5.41) is 3.25. The fraction of sp³-hybridized carbons (Fsp3) is 0.583. The minimum atomic E-state index is -0.0632. The summed E-state index contributed by atoms with van der Waals surface area (Å²) in [6, 6.07) is 0. The lowest BCUT2D eigenvalue weighted by Crippen LogP contribution is -2.37. The van der Waals surface area contributed by atoms with Crippen LogP contribution < -0.4 is 10.1 Å². The van der Waals surface area contributed by atoms with Gasteiger partial charge in [0.2, 0.25) is 5.88 Å². The van der Waals surface area contributed by atoms with E-state index < -0.39 is 0 Å². The molecule has 0 amide bonds. The van der Waals surface area contributed by atoms with Crippen molar-refractivity contribution in [1.29, 1.82) is 0 Å². The van der Waals surface area contributed by atoms with E-state index in [2.05, 4.69) is 36.1 Å². The summed E-state index contributed by atoms with van der Waals surface area (Å²) in [5.74, 6) is 0.222. The predicted molar refractivity (Wildman–Crippen MR) is 65.3 cm³/mol. The Morgan fingerprint density at radius 1 is 1.35 bits per heavy atom. The largest absolute Gasteiger partial charge is 0.479 e. The summed E-state index contributed by atoms with van der Waals surface area (Å²) in [5.41, 5.74) is 0.304. The predicted octanol–water partition coefficient (Wildman–Crippen LogP) is 1.45. The van der Waals surface area contributed by atoms with Gasteiger partial charge >= 0.3 is 0 Å². The first-order valence-corrected chi connectivity index (χ1v) is 5.57. The number of Topliss-reactive ketones (excluding diaryl/α,β-unsaturated/α-hetero) is 1. The smallest absolute Gasteiger partial charge is 0.243 e. The molecule has 1 aromatic heterocycles. The van der Waals surface area contributed by atoms with Crippen LogP contribution in [0.5, 0.6) is 5.88 Å². The van der Waals surface area contributed by atoms with Gasteiger partial charge < -0.3 is 10.1 Å². The highest BCUT2D eigenvalue weighted by Crippen LogP contribution is 2.12. The third-order valence-electron chi connectivity index (χ3n) is 2.13. The Bertz CT molecular complexity index is 386. The quantitative estimate of drug-likeness (QED) is 0.785. The summed E-state index contributed by atoms with van der Waals surface area (Å²) in [6.45, 7) is 6.78. The van der Waals surface area contributed by atoms with Crippen LogP contribution in [0.25, 0.3) is 0 Å². The van der Waals surface area contributed by atoms with Gasteiger partial charge in [-0.1, -0.05) is 0 Å². The lowest BCUT2D eigenvalue weighted by molar-refractivity contribution is 0.0971. The first kappa shape index (κ1) is 13.6. The van der Waals surface area contributed by atoms with Gasteiger partial charge in [0.25, 0.3) is 0 Å². The Hall–Kier alpha value is -1.49. The molecule has 1 heterocycles. The molecular formula is C12H19N3O2. The van der Waals surface area contributed by atoms with E-state index in [0.29, 0.717) is 18.7 Å². The van der Waals surface area contributed by atoms with Crippen LogP contribution in [0.2, 0.25) is 0 Å². The minimum Gasteiger partial charge on any atom is -0.479 e. The fourth-order valence-corrected chi connectivity index (χ4v) is 1.34. The molecule has 1 aromatic rings. The number of carbonyl (C=O) groups excluding carboxylic acids is 1. The number of rotatable bonds is 5. The van der Waals surface area contributed by atoms with Crippen LogP contribution in [-0.4, -0.2) is 34.9 Å². The molecule has 0 fully saturated rings. The molecule has 0 aliphatic rings. The van der Waals surface area contributed by atoms with E-state index in [1.165, 1.54) is 19.5 Å². The summed E-state index contributed by atoms with van der Waals surface area (Å²) < 4.78 is 5.00. The van der Waals surface area contributed by atoms with Crippen molar-refractivity contribution in [3.63, 3.8) is 0 Å². The number of carbonyl (C=O) groups is 1. The van der Waals surface area contributed by atoms with E-state index in [-0.39, 0.29) is 17.2 Å². The van der Waals surface area contributed by atoms with E-state index >= 15 is 0 Å². The van der Waals surface area contributed by atoms with Crippen LogP contribution in [0.1, 0.15) is 37.7 Å². The van der Waals surface area contributed by atoms with Crippen LogP contribution in [0.3, 0.4) is 0 Å². The Balaban J connectivity index is 2.58. The van der Waals surface area contributed by atoms with Gasteiger partial charge in [0, 0.05) is 30.9 Å². The first-order chi connectivity index (χ1) is 7.94. The highest BCUT2D eigenvalue weighted by Gasteiger charge is 2.15. The summed E-state index contributed by atoms with van der Waals surface area (Å²) in [6.07, 6.45) is 3.38. The number of ketones is 1. The maximum absolute atomic E-state index is 11.9. The zero-order valence-electron chi connectivity index (χ0n) is 10.8. The van der Waals surface area contributed by atoms with Crippen molar-refractivity contribution in [3.05, 3.63) is 18.1 Å². The van der Waals surface area contributed by atoms with Crippen LogP contribution in [0, 0.1) is 0 Å². The molecule has 0 saturated heterocycles. The standard InChI is InChI=1S/C12H19N3O2/c1-12(2,3)15-6-5-9(16)10-11(17-4)14-8-7-13-10/h7-8,15H,5-6H2,1-4H3. The number of aromatic nitrogens is 2. The Morgan fingerprint density at radius 2 is 2.00 bits per heavy atom. The number of ether oxygens (including phenoxy) is 1. The number of hydrogen-bond donors (Lipinski definition) is 1. The molecule has 0 saturated carbocycles. The molecule has 0 unspecified atom stereocenters. The molecule has 94 valence electrons. The second-order valence-corrected chi connectivity index (χ2v) is 4.76. The molecule has 0 radical (unpaired) electrons. The molecule has 5 heteroatoms. The van der Waals surface area contributed by atoms with Gasteiger partial charge in [-0.3, -0.25) is 4.79 Å². The van der Waals surface area contributed by atoms with E-state index in [1.54, 1.807) is 0 Å². The molecular weight excluding hydrogens is 218 g/mol. The van der Waals surface area contributed by atoms with E-state index in [9.17, 15) is 4.79 Å². The van der Waals surface area contributed by atoms with Crippen LogP contribution in [0.15, 0.2) is 12.4 Å². The molecule has 1 N–H and O–H groups in total. The van der Waals surface area contributed by atoms with E-state index in [1.807, 2.05) is 0 Å². The highest BCUT2D eigenvalue weighted by molar-refractivity contribution is 5.96. The third kappa shape index (κ3) is 4.48. The van der Waals surface area contributed by atoms with Gasteiger partial charge in [-0.25, -0.2) is 9.97 Å². The van der Waals surface area contributed by atoms with Gasteiger partial charge in [-0.05, 0) is 20.8 Å². The highest BCUT2D eigenvalue weighted by atomic mass is 16.5. The van der Waals surface area contributed by atoms with Crippen molar-refractivity contribution in [3.8, 4) is 5.88 Å². The maximum Gasteiger partial charge on any atom is 0.243 e. The molecule has 1 rings (SSSR count). The van der Waals surface area contributed by atoms with Crippen LogP contribution in [-0.2, 0) is 0 Å². The number of nitrogens with zero attached hydrogens (tertiary/aromatic N) is 2. The lowest BCUT2D eigenvalue weighted by Gasteiger charge is -2.20. The molecule has 17 heavy (non-hydrogen) atoms. The fourth-order valence-electron chi connectivity index (χ4n) is 1.34.